The van der Waals surface area contributed by atoms with Gasteiger partial charge in [0.2, 0.25) is 5.91 Å². The van der Waals surface area contributed by atoms with Crippen LogP contribution in [0, 0.1) is 11.3 Å². The van der Waals surface area contributed by atoms with Crippen molar-refractivity contribution in [2.45, 2.75) is 39.8 Å². The molecule has 0 aliphatic carbocycles. The number of carbonyl (C=O) groups excluding carboxylic acids is 2. The number of fused-ring (bicyclic) bond motifs is 1. The van der Waals surface area contributed by atoms with Crippen LogP contribution in [0.1, 0.15) is 49.7 Å². The zero-order chi connectivity index (χ0) is 20.8. The monoisotopic (exact) mass is 390 g/mol. The second-order valence-electron chi connectivity index (χ2n) is 8.38. The lowest BCUT2D eigenvalue weighted by atomic mass is 9.77. The molecule has 1 fully saturated rings. The maximum absolute atomic E-state index is 12.9. The molecule has 0 aromatic heterocycles. The van der Waals surface area contributed by atoms with Crippen LogP contribution < -0.4 is 0 Å². The molecule has 2 heterocycles. The van der Waals surface area contributed by atoms with Gasteiger partial charge in [0.25, 0.3) is 0 Å². The van der Waals surface area contributed by atoms with E-state index < -0.39 is 11.4 Å². The molecule has 5 nitrogen and oxygen atoms in total. The Hall–Kier alpha value is -2.92. The van der Waals surface area contributed by atoms with E-state index in [9.17, 15) is 9.59 Å². The van der Waals surface area contributed by atoms with Crippen LogP contribution >= 0.6 is 0 Å². The zero-order valence-electron chi connectivity index (χ0n) is 17.2. The van der Waals surface area contributed by atoms with Crippen molar-refractivity contribution in [3.63, 3.8) is 0 Å². The van der Waals surface area contributed by atoms with Crippen LogP contribution in [0.3, 0.4) is 0 Å². The van der Waals surface area contributed by atoms with E-state index >= 15 is 0 Å². The van der Waals surface area contributed by atoms with Crippen LogP contribution in [-0.4, -0.2) is 27.9 Å². The fourth-order valence-corrected chi connectivity index (χ4v) is 4.28. The maximum atomic E-state index is 12.9. The number of esters is 1. The topological polar surface area (TPSA) is 49.9 Å². The Labute approximate surface area is 171 Å². The van der Waals surface area contributed by atoms with Gasteiger partial charge < -0.3 is 4.74 Å². The lowest BCUT2D eigenvalue weighted by Gasteiger charge is -2.49. The molecule has 1 amide bonds. The molecule has 5 heteroatoms. The molecule has 2 aromatic carbocycles. The molecule has 2 aliphatic heterocycles. The van der Waals surface area contributed by atoms with Gasteiger partial charge in [-0.15, -0.1) is 0 Å². The summed E-state index contributed by atoms with van der Waals surface area (Å²) in [6.45, 7) is 8.14. The molecule has 0 unspecified atom stereocenters. The van der Waals surface area contributed by atoms with Gasteiger partial charge in [-0.1, -0.05) is 69.3 Å². The Morgan fingerprint density at radius 1 is 0.966 bits per heavy atom. The van der Waals surface area contributed by atoms with E-state index in [1.54, 1.807) is 35.5 Å². The highest BCUT2D eigenvalue weighted by atomic mass is 16.5. The number of rotatable bonds is 3. The minimum atomic E-state index is -0.527. The highest BCUT2D eigenvalue weighted by Crippen LogP contribution is 2.51. The van der Waals surface area contributed by atoms with Crippen molar-refractivity contribution in [1.29, 1.82) is 0 Å². The second kappa shape index (κ2) is 7.16. The fraction of sp³-hybridized carbons (Fsp3) is 0.333. The molecule has 0 saturated carbocycles. The van der Waals surface area contributed by atoms with Crippen molar-refractivity contribution in [3.05, 3.63) is 83.7 Å². The third-order valence-corrected chi connectivity index (χ3v) is 6.16. The van der Waals surface area contributed by atoms with Gasteiger partial charge in [-0.25, -0.2) is 14.8 Å². The average Bonchev–Trinajstić information content (AvgIpc) is 2.93. The number of amides is 1. The molecule has 0 spiro atoms. The quantitative estimate of drug-likeness (QED) is 0.722. The SMILES string of the molecule is C[C@H]1C(=O)N2C=C(OC(=O)c3ccccc3)C(C)(C)[C@@H](c3ccccc3)N2[C@H]1C. The van der Waals surface area contributed by atoms with Crippen LogP contribution in [0.25, 0.3) is 0 Å². The number of hydrogen-bond donors (Lipinski definition) is 0. The number of benzene rings is 2. The summed E-state index contributed by atoms with van der Waals surface area (Å²) < 4.78 is 5.87. The van der Waals surface area contributed by atoms with Crippen LogP contribution in [0.4, 0.5) is 0 Å². The van der Waals surface area contributed by atoms with E-state index in [2.05, 4.69) is 37.9 Å². The first-order valence-electron chi connectivity index (χ1n) is 9.98. The Morgan fingerprint density at radius 3 is 2.17 bits per heavy atom. The lowest BCUT2D eigenvalue weighted by Crippen LogP contribution is -2.51. The molecule has 0 bridgehead atoms. The molecular weight excluding hydrogens is 364 g/mol. The van der Waals surface area contributed by atoms with Gasteiger partial charge >= 0.3 is 5.97 Å². The molecular formula is C24H26N2O3. The highest BCUT2D eigenvalue weighted by molar-refractivity contribution is 5.90. The van der Waals surface area contributed by atoms with Gasteiger partial charge in [-0.2, -0.15) is 0 Å². The van der Waals surface area contributed by atoms with Gasteiger partial charge in [0.15, 0.2) is 0 Å². The first kappa shape index (κ1) is 19.4. The predicted octanol–water partition coefficient (Wildman–Crippen LogP) is 4.55. The van der Waals surface area contributed by atoms with Gasteiger partial charge in [-0.3, -0.25) is 4.79 Å². The largest absolute Gasteiger partial charge is 0.425 e. The van der Waals surface area contributed by atoms with E-state index in [1.165, 1.54) is 0 Å². The summed E-state index contributed by atoms with van der Waals surface area (Å²) in [5, 5.41) is 3.77. The minimum absolute atomic E-state index is 0.0159. The summed E-state index contributed by atoms with van der Waals surface area (Å²) in [4.78, 5) is 25.7. The standard InChI is InChI=1S/C24H26N2O3/c1-16-17(2)26-21(18-11-7-5-8-12-18)24(3,4)20(15-25(26)22(16)27)29-23(28)19-13-9-6-10-14-19/h5-17,21H,1-4H3/t16-,17+,21-/m1/s1. The van der Waals surface area contributed by atoms with Crippen molar-refractivity contribution in [1.82, 2.24) is 10.0 Å². The Bertz CT molecular complexity index is 953. The maximum Gasteiger partial charge on any atom is 0.343 e. The highest BCUT2D eigenvalue weighted by Gasteiger charge is 2.54. The smallest absolute Gasteiger partial charge is 0.343 e. The fourth-order valence-electron chi connectivity index (χ4n) is 4.28. The Kier molecular flexibility index (Phi) is 4.79. The number of hydrogen-bond acceptors (Lipinski definition) is 4. The van der Waals surface area contributed by atoms with Gasteiger partial charge in [0, 0.05) is 11.5 Å². The van der Waals surface area contributed by atoms with Crippen LogP contribution in [0.15, 0.2) is 72.6 Å². The van der Waals surface area contributed by atoms with Crippen molar-refractivity contribution < 1.29 is 14.3 Å². The normalized spacial score (nSPS) is 26.1. The molecule has 150 valence electrons. The van der Waals surface area contributed by atoms with Crippen molar-refractivity contribution in [3.8, 4) is 0 Å². The zero-order valence-corrected chi connectivity index (χ0v) is 17.2. The number of ether oxygens (including phenoxy) is 1. The number of carbonyl (C=O) groups is 2. The Balaban J connectivity index is 1.78. The summed E-state index contributed by atoms with van der Waals surface area (Å²) in [5.74, 6) is -0.0522. The second-order valence-corrected chi connectivity index (χ2v) is 8.38. The van der Waals surface area contributed by atoms with E-state index in [1.807, 2.05) is 31.2 Å². The van der Waals surface area contributed by atoms with E-state index in [0.29, 0.717) is 11.3 Å². The first-order valence-corrected chi connectivity index (χ1v) is 9.98. The van der Waals surface area contributed by atoms with Crippen molar-refractivity contribution >= 4 is 11.9 Å². The summed E-state index contributed by atoms with van der Waals surface area (Å²) in [6.07, 6.45) is 1.70. The molecule has 2 aliphatic rings. The summed E-state index contributed by atoms with van der Waals surface area (Å²) in [6, 6.07) is 18.9. The summed E-state index contributed by atoms with van der Waals surface area (Å²) >= 11 is 0. The Morgan fingerprint density at radius 2 is 1.55 bits per heavy atom. The molecule has 29 heavy (non-hydrogen) atoms. The summed E-state index contributed by atoms with van der Waals surface area (Å²) in [5.41, 5.74) is 1.04. The summed E-state index contributed by atoms with van der Waals surface area (Å²) in [7, 11) is 0. The van der Waals surface area contributed by atoms with Crippen LogP contribution in [-0.2, 0) is 9.53 Å². The van der Waals surface area contributed by atoms with Crippen molar-refractivity contribution in [2.24, 2.45) is 11.3 Å². The predicted molar refractivity (Wildman–Crippen MR) is 110 cm³/mol. The van der Waals surface area contributed by atoms with E-state index in [-0.39, 0.29) is 23.9 Å². The molecule has 3 atom stereocenters. The molecule has 4 rings (SSSR count). The minimum Gasteiger partial charge on any atom is -0.425 e. The van der Waals surface area contributed by atoms with E-state index in [4.69, 9.17) is 4.74 Å². The van der Waals surface area contributed by atoms with Gasteiger partial charge in [0.05, 0.1) is 23.7 Å². The molecule has 0 N–H and O–H groups in total. The van der Waals surface area contributed by atoms with Crippen LogP contribution in [0.2, 0.25) is 0 Å². The number of nitrogens with zero attached hydrogens (tertiary/aromatic N) is 2. The average molecular weight is 390 g/mol. The van der Waals surface area contributed by atoms with E-state index in [0.717, 1.165) is 5.56 Å². The van der Waals surface area contributed by atoms with Crippen LogP contribution in [0.5, 0.6) is 0 Å². The lowest BCUT2D eigenvalue weighted by molar-refractivity contribution is -0.144. The third kappa shape index (κ3) is 3.15. The van der Waals surface area contributed by atoms with Gasteiger partial charge in [0.1, 0.15) is 5.76 Å². The van der Waals surface area contributed by atoms with Crippen molar-refractivity contribution in [2.75, 3.05) is 0 Å². The van der Waals surface area contributed by atoms with Gasteiger partial charge in [-0.05, 0) is 24.6 Å². The number of hydrazine groups is 1. The third-order valence-electron chi connectivity index (χ3n) is 6.16. The molecule has 0 radical (unpaired) electrons. The molecule has 2 aromatic rings. The first-order chi connectivity index (χ1) is 13.8. The molecule has 1 saturated heterocycles.